The van der Waals surface area contributed by atoms with Gasteiger partial charge in [0, 0.05) is 34.2 Å². The first kappa shape index (κ1) is 32.0. The van der Waals surface area contributed by atoms with E-state index in [4.69, 9.17) is 23.2 Å². The maximum absolute atomic E-state index is 14.8. The first-order valence-corrected chi connectivity index (χ1v) is 18.9. The standard InChI is InChI=1S/C36H34Cl2O5S2/c1-22-7-9-24(10-8-22)29-19-32-31(21-35(29)44(40,41)28-17-15-27(38)16-18-28)33(39)20-30(25-11-13-26(37)14-12-25)36(32)45(42,43)34-6-4-3-5-23(34)2/h3-18,29-32,35-36H,19-21H2,1-2H3/t29-,30-,31+,32-,35?,36?/m0/s1. The Morgan fingerprint density at radius 1 is 0.622 bits per heavy atom. The predicted molar refractivity (Wildman–Crippen MR) is 179 cm³/mol. The Balaban J connectivity index is 1.52. The Labute approximate surface area is 275 Å². The fraction of sp³-hybridized carbons (Fsp3) is 0.306. The number of halogens is 2. The van der Waals surface area contributed by atoms with Crippen molar-refractivity contribution in [3.05, 3.63) is 129 Å². The minimum absolute atomic E-state index is 0.00148. The zero-order valence-corrected chi connectivity index (χ0v) is 28.1. The summed E-state index contributed by atoms with van der Waals surface area (Å²) in [7, 11) is -7.88. The summed E-state index contributed by atoms with van der Waals surface area (Å²) in [5.74, 6) is -2.57. The topological polar surface area (TPSA) is 85.3 Å². The van der Waals surface area contributed by atoms with Crippen LogP contribution in [-0.4, -0.2) is 33.1 Å². The number of benzene rings is 4. The predicted octanol–water partition coefficient (Wildman–Crippen LogP) is 8.16. The molecule has 0 radical (unpaired) electrons. The van der Waals surface area contributed by atoms with E-state index in [0.29, 0.717) is 15.6 Å². The summed E-state index contributed by atoms with van der Waals surface area (Å²) in [5, 5.41) is -0.910. The van der Waals surface area contributed by atoms with Crippen LogP contribution in [0.15, 0.2) is 107 Å². The second-order valence-electron chi connectivity index (χ2n) is 12.4. The normalized spacial score (nSPS) is 25.5. The number of carbonyl (C=O) groups excluding carboxylic acids is 1. The largest absolute Gasteiger partial charge is 0.299 e. The van der Waals surface area contributed by atoms with Crippen LogP contribution < -0.4 is 0 Å². The zero-order chi connectivity index (χ0) is 32.1. The van der Waals surface area contributed by atoms with E-state index in [9.17, 15) is 21.6 Å². The van der Waals surface area contributed by atoms with E-state index >= 15 is 0 Å². The smallest absolute Gasteiger partial charge is 0.182 e. The van der Waals surface area contributed by atoms with Gasteiger partial charge in [-0.25, -0.2) is 16.8 Å². The lowest BCUT2D eigenvalue weighted by Gasteiger charge is -2.48. The van der Waals surface area contributed by atoms with Crippen LogP contribution in [0.1, 0.15) is 53.4 Å². The highest BCUT2D eigenvalue weighted by molar-refractivity contribution is 7.92. The number of rotatable bonds is 6. The number of aryl methyl sites for hydroxylation is 2. The van der Waals surface area contributed by atoms with Gasteiger partial charge in [0.25, 0.3) is 0 Å². The van der Waals surface area contributed by atoms with E-state index in [-0.39, 0.29) is 34.8 Å². The maximum Gasteiger partial charge on any atom is 0.182 e. The number of fused-ring (bicyclic) bond motifs is 1. The third-order valence-corrected chi connectivity index (χ3v) is 15.0. The van der Waals surface area contributed by atoms with Gasteiger partial charge in [-0.05, 0) is 91.8 Å². The van der Waals surface area contributed by atoms with E-state index in [1.165, 1.54) is 12.1 Å². The maximum atomic E-state index is 14.8. The first-order chi connectivity index (χ1) is 21.4. The summed E-state index contributed by atoms with van der Waals surface area (Å²) >= 11 is 12.3. The highest BCUT2D eigenvalue weighted by Crippen LogP contribution is 2.54. The molecule has 6 atom stereocenters. The molecular weight excluding hydrogens is 647 g/mol. The van der Waals surface area contributed by atoms with Crippen molar-refractivity contribution in [3.63, 3.8) is 0 Å². The first-order valence-electron chi connectivity index (χ1n) is 15.0. The average Bonchev–Trinajstić information content (AvgIpc) is 3.01. The Morgan fingerprint density at radius 3 is 1.80 bits per heavy atom. The number of Topliss-reactive ketones (excluding diaryl/α,β-unsaturated/α-hetero) is 1. The minimum atomic E-state index is -3.97. The molecule has 4 aromatic rings. The molecule has 45 heavy (non-hydrogen) atoms. The van der Waals surface area contributed by atoms with Crippen LogP contribution in [0.4, 0.5) is 0 Å². The van der Waals surface area contributed by atoms with Gasteiger partial charge in [-0.2, -0.15) is 0 Å². The number of sulfone groups is 2. The average molecular weight is 682 g/mol. The Hall–Kier alpha value is -2.97. The third kappa shape index (κ3) is 6.00. The lowest BCUT2D eigenvalue weighted by atomic mass is 9.61. The molecule has 6 rings (SSSR count). The fourth-order valence-electron chi connectivity index (χ4n) is 7.51. The summed E-state index contributed by atoms with van der Waals surface area (Å²) in [6.45, 7) is 3.74. The number of hydrogen-bond acceptors (Lipinski definition) is 5. The van der Waals surface area contributed by atoms with Crippen molar-refractivity contribution >= 4 is 48.7 Å². The summed E-state index contributed by atoms with van der Waals surface area (Å²) in [4.78, 5) is 14.4. The molecule has 0 amide bonds. The van der Waals surface area contributed by atoms with Crippen molar-refractivity contribution in [2.24, 2.45) is 11.8 Å². The van der Waals surface area contributed by atoms with E-state index < -0.39 is 53.8 Å². The molecule has 0 N–H and O–H groups in total. The zero-order valence-electron chi connectivity index (χ0n) is 24.9. The molecule has 0 saturated heterocycles. The molecule has 2 aliphatic carbocycles. The molecule has 0 spiro atoms. The monoisotopic (exact) mass is 680 g/mol. The van der Waals surface area contributed by atoms with Gasteiger partial charge in [0.2, 0.25) is 0 Å². The van der Waals surface area contributed by atoms with Crippen LogP contribution in [-0.2, 0) is 24.5 Å². The molecule has 0 aromatic heterocycles. The van der Waals surface area contributed by atoms with Gasteiger partial charge in [-0.15, -0.1) is 0 Å². The molecular formula is C36H34Cl2O5S2. The Morgan fingerprint density at radius 2 is 1.18 bits per heavy atom. The molecule has 2 fully saturated rings. The molecule has 2 saturated carbocycles. The van der Waals surface area contributed by atoms with Gasteiger partial charge in [0.1, 0.15) is 5.78 Å². The van der Waals surface area contributed by atoms with Crippen molar-refractivity contribution in [2.75, 3.05) is 0 Å². The molecule has 0 aliphatic heterocycles. The summed E-state index contributed by atoms with van der Waals surface area (Å²) < 4.78 is 58.2. The molecule has 0 bridgehead atoms. The number of carbonyl (C=O) groups is 1. The second-order valence-corrected chi connectivity index (χ2v) is 17.5. The van der Waals surface area contributed by atoms with Crippen molar-refractivity contribution in [2.45, 2.75) is 65.2 Å². The SMILES string of the molecule is Cc1ccc([C@@H]2C[C@@H]3C(S(=O)(=O)c4ccccc4C)[C@H](c4ccc(Cl)cc4)CC(=O)[C@@H]3CC2S(=O)(=O)c2ccc(Cl)cc2)cc1. The van der Waals surface area contributed by atoms with Crippen LogP contribution in [0.3, 0.4) is 0 Å². The van der Waals surface area contributed by atoms with Gasteiger partial charge in [-0.1, -0.05) is 83.4 Å². The summed E-state index contributed by atoms with van der Waals surface area (Å²) in [6.07, 6.45) is 0.276. The van der Waals surface area contributed by atoms with E-state index in [2.05, 4.69) is 0 Å². The van der Waals surface area contributed by atoms with Gasteiger partial charge >= 0.3 is 0 Å². The van der Waals surface area contributed by atoms with E-state index in [0.717, 1.165) is 16.7 Å². The van der Waals surface area contributed by atoms with E-state index in [1.54, 1.807) is 67.6 Å². The summed E-state index contributed by atoms with van der Waals surface area (Å²) in [6, 6.07) is 27.8. The quantitative estimate of drug-likeness (QED) is 0.205. The van der Waals surface area contributed by atoms with Gasteiger partial charge in [-0.3, -0.25) is 4.79 Å². The van der Waals surface area contributed by atoms with Crippen LogP contribution >= 0.6 is 23.2 Å². The summed E-state index contributed by atoms with van der Waals surface area (Å²) in [5.41, 5.74) is 3.21. The van der Waals surface area contributed by atoms with Crippen LogP contribution in [0.25, 0.3) is 0 Å². The Kier molecular flexibility index (Phi) is 8.76. The molecule has 0 heterocycles. The molecule has 234 valence electrons. The van der Waals surface area contributed by atoms with Crippen LogP contribution in [0.2, 0.25) is 10.0 Å². The van der Waals surface area contributed by atoms with Crippen LogP contribution in [0, 0.1) is 25.7 Å². The lowest BCUT2D eigenvalue weighted by Crippen LogP contribution is -2.53. The molecule has 4 aromatic carbocycles. The van der Waals surface area contributed by atoms with Gasteiger partial charge in [0.05, 0.1) is 20.3 Å². The number of ketones is 1. The molecule has 9 heteroatoms. The second kappa shape index (κ2) is 12.3. The molecule has 2 aliphatic rings. The van der Waals surface area contributed by atoms with Crippen molar-refractivity contribution in [1.29, 1.82) is 0 Å². The Bertz CT molecular complexity index is 1940. The molecule has 2 unspecified atom stereocenters. The lowest BCUT2D eigenvalue weighted by molar-refractivity contribution is -0.128. The third-order valence-electron chi connectivity index (χ3n) is 9.73. The van der Waals surface area contributed by atoms with Gasteiger partial charge < -0.3 is 0 Å². The van der Waals surface area contributed by atoms with Gasteiger partial charge in [0.15, 0.2) is 19.7 Å². The highest BCUT2D eigenvalue weighted by atomic mass is 35.5. The van der Waals surface area contributed by atoms with Crippen molar-refractivity contribution in [1.82, 2.24) is 0 Å². The van der Waals surface area contributed by atoms with Crippen LogP contribution in [0.5, 0.6) is 0 Å². The molecule has 5 nitrogen and oxygen atoms in total. The van der Waals surface area contributed by atoms with Crippen molar-refractivity contribution in [3.8, 4) is 0 Å². The fourth-order valence-corrected chi connectivity index (χ4v) is 12.3. The van der Waals surface area contributed by atoms with Crippen molar-refractivity contribution < 1.29 is 21.6 Å². The highest BCUT2D eigenvalue weighted by Gasteiger charge is 2.56. The van der Waals surface area contributed by atoms with E-state index in [1.807, 2.05) is 31.2 Å². The minimum Gasteiger partial charge on any atom is -0.299 e. The number of hydrogen-bond donors (Lipinski definition) is 0.